The van der Waals surface area contributed by atoms with Crippen LogP contribution in [0.1, 0.15) is 39.2 Å². The minimum Gasteiger partial charge on any atom is -0.385 e. The van der Waals surface area contributed by atoms with E-state index in [9.17, 15) is 9.50 Å². The van der Waals surface area contributed by atoms with Gasteiger partial charge in [-0.3, -0.25) is 4.90 Å². The summed E-state index contributed by atoms with van der Waals surface area (Å²) in [7, 11) is 0. The normalized spacial score (nSPS) is 20.5. The van der Waals surface area contributed by atoms with Crippen LogP contribution in [0.4, 0.5) is 4.39 Å². The van der Waals surface area contributed by atoms with Gasteiger partial charge in [-0.25, -0.2) is 4.39 Å². The molecular weight excluding hydrogens is 309 g/mol. The lowest BCUT2D eigenvalue weighted by Gasteiger charge is -2.44. The second-order valence-electron chi connectivity index (χ2n) is 6.32. The summed E-state index contributed by atoms with van der Waals surface area (Å²) in [6.45, 7) is 8.19. The first-order valence-corrected chi connectivity index (χ1v) is 7.45. The Morgan fingerprint density at radius 3 is 2.32 bits per heavy atom. The van der Waals surface area contributed by atoms with Gasteiger partial charge in [0.2, 0.25) is 0 Å². The summed E-state index contributed by atoms with van der Waals surface area (Å²) < 4.78 is 14.0. The van der Waals surface area contributed by atoms with Gasteiger partial charge in [0.25, 0.3) is 0 Å². The zero-order chi connectivity index (χ0) is 14.3. The minimum atomic E-state index is -0.900. The molecule has 0 unspecified atom stereocenters. The maximum Gasteiger partial charge on any atom is 0.137 e. The van der Waals surface area contributed by atoms with Gasteiger partial charge >= 0.3 is 0 Å². The molecular formula is C15H21BrFNO. The van der Waals surface area contributed by atoms with E-state index in [1.165, 1.54) is 6.07 Å². The maximum atomic E-state index is 13.6. The van der Waals surface area contributed by atoms with Gasteiger partial charge in [-0.1, -0.05) is 6.07 Å². The third-order valence-electron chi connectivity index (χ3n) is 4.00. The molecule has 1 N–H and O–H groups in total. The van der Waals surface area contributed by atoms with Crippen molar-refractivity contribution < 1.29 is 9.50 Å². The highest BCUT2D eigenvalue weighted by Crippen LogP contribution is 2.36. The van der Waals surface area contributed by atoms with Gasteiger partial charge in [-0.05, 0) is 67.2 Å². The quantitative estimate of drug-likeness (QED) is 0.849. The van der Waals surface area contributed by atoms with Gasteiger partial charge in [0.1, 0.15) is 5.82 Å². The topological polar surface area (TPSA) is 23.5 Å². The second-order valence-corrected chi connectivity index (χ2v) is 7.17. The van der Waals surface area contributed by atoms with Crippen molar-refractivity contribution in [3.63, 3.8) is 0 Å². The minimum absolute atomic E-state index is 0.117. The molecule has 1 aromatic rings. The molecule has 0 aromatic heterocycles. The van der Waals surface area contributed by atoms with Crippen molar-refractivity contribution in [3.8, 4) is 0 Å². The molecule has 1 aromatic carbocycles. The Morgan fingerprint density at radius 2 is 1.84 bits per heavy atom. The molecule has 106 valence electrons. The van der Waals surface area contributed by atoms with Gasteiger partial charge in [-0.2, -0.15) is 0 Å². The van der Waals surface area contributed by atoms with E-state index < -0.39 is 5.60 Å². The molecule has 1 fully saturated rings. The van der Waals surface area contributed by atoms with E-state index in [0.29, 0.717) is 22.9 Å². The van der Waals surface area contributed by atoms with Crippen molar-refractivity contribution in [3.05, 3.63) is 34.1 Å². The molecule has 1 heterocycles. The van der Waals surface area contributed by atoms with Crippen LogP contribution in [0.15, 0.2) is 22.7 Å². The van der Waals surface area contributed by atoms with Crippen LogP contribution in [0.5, 0.6) is 0 Å². The molecule has 19 heavy (non-hydrogen) atoms. The fraction of sp³-hybridized carbons (Fsp3) is 0.600. The highest BCUT2D eigenvalue weighted by Gasteiger charge is 2.37. The van der Waals surface area contributed by atoms with Crippen molar-refractivity contribution in [2.75, 3.05) is 13.1 Å². The van der Waals surface area contributed by atoms with E-state index in [1.807, 2.05) is 0 Å². The molecule has 1 aliphatic rings. The lowest BCUT2D eigenvalue weighted by Crippen LogP contribution is -2.50. The van der Waals surface area contributed by atoms with Crippen LogP contribution in [0, 0.1) is 5.82 Å². The summed E-state index contributed by atoms with van der Waals surface area (Å²) in [6, 6.07) is 4.91. The summed E-state index contributed by atoms with van der Waals surface area (Å²) >= 11 is 3.14. The number of benzene rings is 1. The van der Waals surface area contributed by atoms with Crippen LogP contribution in [0.25, 0.3) is 0 Å². The van der Waals surface area contributed by atoms with Crippen molar-refractivity contribution >= 4 is 15.9 Å². The molecule has 4 heteroatoms. The number of aliphatic hydroxyl groups is 1. The van der Waals surface area contributed by atoms with Gasteiger partial charge in [-0.15, -0.1) is 0 Å². The monoisotopic (exact) mass is 329 g/mol. The molecule has 0 amide bonds. The fourth-order valence-electron chi connectivity index (χ4n) is 2.62. The third-order valence-corrected chi connectivity index (χ3v) is 4.64. The Morgan fingerprint density at radius 1 is 1.26 bits per heavy atom. The number of rotatable bonds is 1. The van der Waals surface area contributed by atoms with Crippen LogP contribution in [-0.4, -0.2) is 28.6 Å². The zero-order valence-electron chi connectivity index (χ0n) is 11.7. The number of halogens is 2. The molecule has 0 bridgehead atoms. The van der Waals surface area contributed by atoms with Crippen molar-refractivity contribution in [1.82, 2.24) is 4.90 Å². The Labute approximate surface area is 122 Å². The molecule has 2 rings (SSSR count). The first kappa shape index (κ1) is 14.9. The summed E-state index contributed by atoms with van der Waals surface area (Å²) in [5, 5.41) is 10.7. The van der Waals surface area contributed by atoms with E-state index >= 15 is 0 Å². The van der Waals surface area contributed by atoms with Gasteiger partial charge < -0.3 is 5.11 Å². The number of nitrogens with zero attached hydrogens (tertiary/aromatic N) is 1. The molecule has 0 aliphatic carbocycles. The van der Waals surface area contributed by atoms with E-state index in [1.54, 1.807) is 12.1 Å². The smallest absolute Gasteiger partial charge is 0.137 e. The van der Waals surface area contributed by atoms with E-state index in [0.717, 1.165) is 13.1 Å². The van der Waals surface area contributed by atoms with Crippen LogP contribution in [0.2, 0.25) is 0 Å². The first-order valence-electron chi connectivity index (χ1n) is 6.65. The average molecular weight is 330 g/mol. The lowest BCUT2D eigenvalue weighted by atomic mass is 9.83. The lowest BCUT2D eigenvalue weighted by molar-refractivity contribution is -0.0463. The van der Waals surface area contributed by atoms with Crippen LogP contribution in [0.3, 0.4) is 0 Å². The number of likely N-dealkylation sites (tertiary alicyclic amines) is 1. The summed E-state index contributed by atoms with van der Waals surface area (Å²) in [5.41, 5.74) is -0.1000. The second kappa shape index (κ2) is 5.15. The van der Waals surface area contributed by atoms with Crippen LogP contribution in [-0.2, 0) is 5.60 Å². The summed E-state index contributed by atoms with van der Waals surface area (Å²) in [6.07, 6.45) is 1.29. The predicted molar refractivity (Wildman–Crippen MR) is 78.6 cm³/mol. The largest absolute Gasteiger partial charge is 0.385 e. The summed E-state index contributed by atoms with van der Waals surface area (Å²) in [5.74, 6) is -0.316. The van der Waals surface area contributed by atoms with Gasteiger partial charge in [0.05, 0.1) is 10.1 Å². The van der Waals surface area contributed by atoms with Gasteiger partial charge in [0, 0.05) is 18.6 Å². The first-order chi connectivity index (χ1) is 8.72. The Kier molecular flexibility index (Phi) is 4.05. The fourth-order valence-corrected chi connectivity index (χ4v) is 2.87. The van der Waals surface area contributed by atoms with E-state index in [-0.39, 0.29) is 11.4 Å². The Hall–Kier alpha value is -0.450. The third kappa shape index (κ3) is 3.18. The molecule has 0 radical (unpaired) electrons. The number of piperidine rings is 1. The highest BCUT2D eigenvalue weighted by atomic mass is 79.9. The molecule has 0 saturated carbocycles. The van der Waals surface area contributed by atoms with E-state index in [4.69, 9.17) is 0 Å². The van der Waals surface area contributed by atoms with Crippen molar-refractivity contribution in [2.45, 2.75) is 44.8 Å². The molecule has 1 aliphatic heterocycles. The van der Waals surface area contributed by atoms with Crippen LogP contribution < -0.4 is 0 Å². The number of hydrogen-bond acceptors (Lipinski definition) is 2. The maximum absolute atomic E-state index is 13.6. The predicted octanol–water partition coefficient (Wildman–Crippen LogP) is 3.67. The van der Waals surface area contributed by atoms with Crippen molar-refractivity contribution in [1.29, 1.82) is 0 Å². The molecule has 2 nitrogen and oxygen atoms in total. The number of hydrogen-bond donors (Lipinski definition) is 1. The molecule has 1 saturated heterocycles. The standard InChI is InChI=1S/C15H21BrFNO/c1-14(2,3)18-8-6-15(19,7-9-18)11-4-5-12(16)13(17)10-11/h4-5,10,19H,6-9H2,1-3H3. The van der Waals surface area contributed by atoms with E-state index in [2.05, 4.69) is 41.6 Å². The Balaban J connectivity index is 2.15. The zero-order valence-corrected chi connectivity index (χ0v) is 13.3. The molecule has 0 atom stereocenters. The SMILES string of the molecule is CC(C)(C)N1CCC(O)(c2ccc(Br)c(F)c2)CC1. The Bertz CT molecular complexity index is 462. The summed E-state index contributed by atoms with van der Waals surface area (Å²) in [4.78, 5) is 2.36. The highest BCUT2D eigenvalue weighted by molar-refractivity contribution is 9.10. The van der Waals surface area contributed by atoms with Gasteiger partial charge in [0.15, 0.2) is 0 Å². The van der Waals surface area contributed by atoms with Crippen LogP contribution >= 0.6 is 15.9 Å². The van der Waals surface area contributed by atoms with Crippen molar-refractivity contribution in [2.24, 2.45) is 0 Å². The molecule has 0 spiro atoms. The average Bonchev–Trinajstić information content (AvgIpc) is 2.32.